The number of benzene rings is 1. The van der Waals surface area contributed by atoms with Crippen LogP contribution >= 0.6 is 12.2 Å². The van der Waals surface area contributed by atoms with Gasteiger partial charge in [-0.05, 0) is 89.1 Å². The number of thiocarbonyl (C=S) groups is 1. The van der Waals surface area contributed by atoms with Gasteiger partial charge in [0.1, 0.15) is 0 Å². The molecule has 0 atom stereocenters. The van der Waals surface area contributed by atoms with E-state index in [1.807, 2.05) is 31.2 Å². The van der Waals surface area contributed by atoms with E-state index in [1.165, 1.54) is 12.5 Å². The Morgan fingerprint density at radius 3 is 1.43 bits per heavy atom. The Morgan fingerprint density at radius 2 is 1.00 bits per heavy atom. The molecule has 49 heavy (non-hydrogen) atoms. The van der Waals surface area contributed by atoms with Gasteiger partial charge in [0.15, 0.2) is 5.11 Å². The third-order valence-electron chi connectivity index (χ3n) is 7.45. The van der Waals surface area contributed by atoms with Crippen LogP contribution in [0.3, 0.4) is 0 Å². The fourth-order valence-corrected chi connectivity index (χ4v) is 4.66. The van der Waals surface area contributed by atoms with E-state index in [0.29, 0.717) is 84.9 Å². The molecule has 0 aliphatic carbocycles. The number of nitrogens with zero attached hydrogens (tertiary/aromatic N) is 3. The van der Waals surface area contributed by atoms with Crippen LogP contribution in [0.1, 0.15) is 96.0 Å². The molecular weight excluding hydrogens is 654 g/mol. The maximum atomic E-state index is 12.1. The maximum Gasteiger partial charge on any atom is 0.246 e. The second kappa shape index (κ2) is 26.1. The van der Waals surface area contributed by atoms with Crippen LogP contribution in [-0.2, 0) is 24.0 Å². The van der Waals surface area contributed by atoms with Crippen molar-refractivity contribution in [2.45, 2.75) is 97.3 Å². The summed E-state index contributed by atoms with van der Waals surface area (Å²) in [7, 11) is 0. The third-order valence-corrected chi connectivity index (χ3v) is 7.70. The summed E-state index contributed by atoms with van der Waals surface area (Å²) in [5.74, 6) is -2.09. The molecule has 0 fully saturated rings. The van der Waals surface area contributed by atoms with Crippen LogP contribution in [0.15, 0.2) is 24.3 Å². The van der Waals surface area contributed by atoms with E-state index in [-0.39, 0.29) is 57.1 Å². The maximum absolute atomic E-state index is 12.1. The molecule has 0 spiro atoms. The summed E-state index contributed by atoms with van der Waals surface area (Å²) in [6.45, 7) is 5.26. The molecule has 15 nitrogen and oxygen atoms in total. The zero-order valence-electron chi connectivity index (χ0n) is 28.9. The standard InChI is InChI=1S/C33H55N7O8S/c1-26-12-14-28(15-13-26)37-33(49)36-22-8-5-11-25-40(48)32(45)19-17-30(43)35-21-7-4-10-24-39(47)31(44)18-16-29(42)34-20-6-3-9-23-38(46)27(2)41/h12-15,46-48H,3-11,16-25H2,1-2H3,(H,34,42)(H,35,43)(H2,36,37,49). The van der Waals surface area contributed by atoms with Crippen LogP contribution in [-0.4, -0.2) is 105 Å². The zero-order valence-corrected chi connectivity index (χ0v) is 29.7. The number of carbonyl (C=O) groups is 5. The highest BCUT2D eigenvalue weighted by Crippen LogP contribution is 2.08. The molecule has 5 amide bonds. The molecule has 0 aliphatic rings. The molecule has 0 heterocycles. The van der Waals surface area contributed by atoms with Gasteiger partial charge in [0.25, 0.3) is 0 Å². The lowest BCUT2D eigenvalue weighted by atomic mass is 10.2. The lowest BCUT2D eigenvalue weighted by Gasteiger charge is -2.15. The molecule has 1 aromatic carbocycles. The summed E-state index contributed by atoms with van der Waals surface area (Å²) in [4.78, 5) is 59.1. The lowest BCUT2D eigenvalue weighted by molar-refractivity contribution is -0.166. The van der Waals surface area contributed by atoms with Crippen molar-refractivity contribution < 1.29 is 39.6 Å². The first kappa shape index (κ1) is 43.2. The van der Waals surface area contributed by atoms with E-state index in [0.717, 1.165) is 18.5 Å². The second-order valence-electron chi connectivity index (χ2n) is 11.8. The predicted molar refractivity (Wildman–Crippen MR) is 188 cm³/mol. The van der Waals surface area contributed by atoms with Gasteiger partial charge in [-0.15, -0.1) is 0 Å². The summed E-state index contributed by atoms with van der Waals surface area (Å²) >= 11 is 5.28. The summed E-state index contributed by atoms with van der Waals surface area (Å²) in [5, 5.41) is 43.3. The van der Waals surface area contributed by atoms with Gasteiger partial charge in [0, 0.05) is 77.6 Å². The Balaban J connectivity index is 2.00. The van der Waals surface area contributed by atoms with Gasteiger partial charge in [-0.2, -0.15) is 0 Å². The quantitative estimate of drug-likeness (QED) is 0.0340. The van der Waals surface area contributed by atoms with Gasteiger partial charge in [0.2, 0.25) is 29.5 Å². The highest BCUT2D eigenvalue weighted by Gasteiger charge is 2.14. The minimum absolute atomic E-state index is 0.0404. The molecule has 0 unspecified atom stereocenters. The first-order valence-electron chi connectivity index (χ1n) is 17.0. The summed E-state index contributed by atoms with van der Waals surface area (Å²) in [6, 6.07) is 7.90. The van der Waals surface area contributed by atoms with Crippen molar-refractivity contribution in [3.8, 4) is 0 Å². The first-order valence-corrected chi connectivity index (χ1v) is 17.4. The number of unbranched alkanes of at least 4 members (excludes halogenated alkanes) is 6. The van der Waals surface area contributed by atoms with Gasteiger partial charge in [-0.25, -0.2) is 15.2 Å². The number of hydrogen-bond donors (Lipinski definition) is 7. The van der Waals surface area contributed by atoms with Gasteiger partial charge in [0.05, 0.1) is 0 Å². The molecule has 1 rings (SSSR count). The minimum atomic E-state index is -0.554. The molecule has 7 N–H and O–H groups in total. The smallest absolute Gasteiger partial charge is 0.246 e. The fraction of sp³-hybridized carbons (Fsp3) is 0.636. The monoisotopic (exact) mass is 709 g/mol. The van der Waals surface area contributed by atoms with Gasteiger partial charge < -0.3 is 21.3 Å². The first-order chi connectivity index (χ1) is 23.4. The highest BCUT2D eigenvalue weighted by atomic mass is 32.1. The Kier molecular flexibility index (Phi) is 23.0. The SMILES string of the molecule is CC(=O)N(O)CCCCCNC(=O)CCC(=O)N(O)CCCCCNC(=O)CCC(=O)N(O)CCCCCNC(=S)Nc1ccc(C)cc1. The van der Waals surface area contributed by atoms with E-state index >= 15 is 0 Å². The van der Waals surface area contributed by atoms with Crippen LogP contribution in [0.2, 0.25) is 0 Å². The fourth-order valence-electron chi connectivity index (χ4n) is 4.44. The van der Waals surface area contributed by atoms with Crippen LogP contribution in [0.25, 0.3) is 0 Å². The normalized spacial score (nSPS) is 10.6. The number of rotatable bonds is 25. The van der Waals surface area contributed by atoms with Crippen molar-refractivity contribution in [3.05, 3.63) is 29.8 Å². The third kappa shape index (κ3) is 22.4. The Hall–Kier alpha value is -3.86. The Bertz CT molecular complexity index is 1170. The number of amides is 5. The van der Waals surface area contributed by atoms with Crippen molar-refractivity contribution >= 4 is 52.6 Å². The van der Waals surface area contributed by atoms with E-state index in [1.54, 1.807) is 0 Å². The minimum Gasteiger partial charge on any atom is -0.362 e. The molecule has 0 aliphatic heterocycles. The Labute approximate surface area is 294 Å². The summed E-state index contributed by atoms with van der Waals surface area (Å²) in [5.41, 5.74) is 2.08. The number of carbonyl (C=O) groups excluding carboxylic acids is 5. The Morgan fingerprint density at radius 1 is 0.592 bits per heavy atom. The van der Waals surface area contributed by atoms with Crippen molar-refractivity contribution in [3.63, 3.8) is 0 Å². The van der Waals surface area contributed by atoms with E-state index < -0.39 is 17.7 Å². The molecule has 0 radical (unpaired) electrons. The van der Waals surface area contributed by atoms with Crippen molar-refractivity contribution in [2.75, 3.05) is 44.6 Å². The number of hydroxylamine groups is 6. The topological polar surface area (TPSA) is 204 Å². The highest BCUT2D eigenvalue weighted by molar-refractivity contribution is 7.80. The van der Waals surface area contributed by atoms with E-state index in [4.69, 9.17) is 12.2 Å². The lowest BCUT2D eigenvalue weighted by Crippen LogP contribution is -2.31. The van der Waals surface area contributed by atoms with Crippen molar-refractivity contribution in [1.82, 2.24) is 31.1 Å². The van der Waals surface area contributed by atoms with Gasteiger partial charge in [-0.3, -0.25) is 39.6 Å². The molecule has 276 valence electrons. The molecule has 16 heteroatoms. The average molecular weight is 710 g/mol. The van der Waals surface area contributed by atoms with Crippen molar-refractivity contribution in [2.24, 2.45) is 0 Å². The second-order valence-corrected chi connectivity index (χ2v) is 12.2. The van der Waals surface area contributed by atoms with Crippen LogP contribution in [0.4, 0.5) is 5.69 Å². The van der Waals surface area contributed by atoms with E-state index in [2.05, 4.69) is 21.3 Å². The van der Waals surface area contributed by atoms with Crippen LogP contribution < -0.4 is 21.3 Å². The van der Waals surface area contributed by atoms with Gasteiger partial charge >= 0.3 is 0 Å². The molecular formula is C33H55N7O8S. The summed E-state index contributed by atoms with van der Waals surface area (Å²) in [6.07, 6.45) is 5.63. The number of aryl methyl sites for hydroxylation is 1. The largest absolute Gasteiger partial charge is 0.362 e. The number of anilines is 1. The number of hydrogen-bond acceptors (Lipinski definition) is 9. The molecule has 1 aromatic rings. The average Bonchev–Trinajstić information content (AvgIpc) is 3.07. The van der Waals surface area contributed by atoms with Crippen LogP contribution in [0, 0.1) is 6.92 Å². The van der Waals surface area contributed by atoms with Crippen LogP contribution in [0.5, 0.6) is 0 Å². The molecule has 0 saturated heterocycles. The predicted octanol–water partition coefficient (Wildman–Crippen LogP) is 3.26. The van der Waals surface area contributed by atoms with E-state index in [9.17, 15) is 39.6 Å². The molecule has 0 aromatic heterocycles. The van der Waals surface area contributed by atoms with Gasteiger partial charge in [-0.1, -0.05) is 17.7 Å². The summed E-state index contributed by atoms with van der Waals surface area (Å²) < 4.78 is 0. The van der Waals surface area contributed by atoms with Crippen molar-refractivity contribution in [1.29, 1.82) is 0 Å². The molecule has 0 saturated carbocycles. The zero-order chi connectivity index (χ0) is 36.4. The number of nitrogens with one attached hydrogen (secondary N) is 4. The molecule has 0 bridgehead atoms.